The highest BCUT2D eigenvalue weighted by molar-refractivity contribution is 7.99. The number of carbonyl (C=O) groups is 1. The second kappa shape index (κ2) is 8.71. The number of aromatic nitrogens is 2. The first-order valence-electron chi connectivity index (χ1n) is 9.06. The van der Waals surface area contributed by atoms with Crippen molar-refractivity contribution in [2.75, 3.05) is 12.8 Å². The van der Waals surface area contributed by atoms with Gasteiger partial charge in [0, 0.05) is 31.6 Å². The lowest BCUT2D eigenvalue weighted by Gasteiger charge is -2.16. The molecule has 0 spiro atoms. The second-order valence-corrected chi connectivity index (χ2v) is 9.35. The number of carbonyl (C=O) groups excluding carboxylic acids is 1. The zero-order valence-electron chi connectivity index (χ0n) is 16.3. The predicted octanol–water partition coefficient (Wildman–Crippen LogP) is 4.61. The normalized spacial score (nSPS) is 11.2. The summed E-state index contributed by atoms with van der Waals surface area (Å²) in [6, 6.07) is 8.05. The zero-order chi connectivity index (χ0) is 21.3. The molecule has 0 N–H and O–H groups in total. The van der Waals surface area contributed by atoms with E-state index in [9.17, 15) is 14.0 Å². The van der Waals surface area contributed by atoms with Gasteiger partial charge in [0.1, 0.15) is 10.6 Å². The van der Waals surface area contributed by atoms with E-state index in [1.165, 1.54) is 39.8 Å². The van der Waals surface area contributed by atoms with Crippen molar-refractivity contribution in [3.05, 3.63) is 68.2 Å². The minimum atomic E-state index is -0.323. The molecule has 0 unspecified atom stereocenters. The van der Waals surface area contributed by atoms with Crippen LogP contribution in [0.15, 0.2) is 56.4 Å². The molecule has 1 amide bonds. The fourth-order valence-corrected chi connectivity index (χ4v) is 5.57. The van der Waals surface area contributed by atoms with Crippen molar-refractivity contribution in [1.29, 1.82) is 0 Å². The van der Waals surface area contributed by atoms with Gasteiger partial charge in [0.05, 0.1) is 11.1 Å². The van der Waals surface area contributed by atoms with Gasteiger partial charge in [0.2, 0.25) is 5.91 Å². The molecule has 0 fully saturated rings. The molecule has 0 aliphatic rings. The Hall–Kier alpha value is -2.49. The fraction of sp³-hybridized carbons (Fsp3) is 0.190. The van der Waals surface area contributed by atoms with E-state index in [4.69, 9.17) is 0 Å². The molecule has 3 aromatic heterocycles. The van der Waals surface area contributed by atoms with Gasteiger partial charge in [-0.05, 0) is 40.1 Å². The molecule has 0 radical (unpaired) electrons. The second-order valence-electron chi connectivity index (χ2n) is 6.77. The lowest BCUT2D eigenvalue weighted by atomic mass is 10.1. The average molecular weight is 460 g/mol. The lowest BCUT2D eigenvalue weighted by Crippen LogP contribution is -2.28. The van der Waals surface area contributed by atoms with E-state index >= 15 is 0 Å². The highest BCUT2D eigenvalue weighted by atomic mass is 32.2. The molecule has 0 aliphatic heterocycles. The minimum Gasteiger partial charge on any atom is -0.341 e. The van der Waals surface area contributed by atoms with Crippen LogP contribution >= 0.6 is 34.4 Å². The van der Waals surface area contributed by atoms with Gasteiger partial charge in [0.15, 0.2) is 5.16 Å². The Morgan fingerprint density at radius 2 is 2.00 bits per heavy atom. The van der Waals surface area contributed by atoms with E-state index in [0.717, 1.165) is 16.7 Å². The van der Waals surface area contributed by atoms with Crippen LogP contribution < -0.4 is 5.56 Å². The molecular formula is C21H18FN3O2S3. The molecule has 0 saturated heterocycles. The smallest absolute Gasteiger partial charge is 0.263 e. The van der Waals surface area contributed by atoms with Gasteiger partial charge in [-0.25, -0.2) is 9.37 Å². The van der Waals surface area contributed by atoms with Gasteiger partial charge < -0.3 is 4.90 Å². The molecule has 0 aliphatic carbocycles. The zero-order valence-corrected chi connectivity index (χ0v) is 18.7. The standard InChI is InChI=1S/C21H18FN3O2S3/c1-24(9-13-7-8-28-10-13)17(26)12-30-21-23-19-18(20(27)25(21)2)16(11-29-19)14-3-5-15(22)6-4-14/h3-8,10-11H,9,12H2,1-2H3. The molecule has 4 rings (SSSR count). The average Bonchev–Trinajstić information content (AvgIpc) is 3.40. The molecular weight excluding hydrogens is 441 g/mol. The van der Waals surface area contributed by atoms with E-state index in [2.05, 4.69) is 4.98 Å². The van der Waals surface area contributed by atoms with E-state index in [0.29, 0.717) is 21.9 Å². The number of amides is 1. The number of halogens is 1. The van der Waals surface area contributed by atoms with Crippen molar-refractivity contribution in [1.82, 2.24) is 14.5 Å². The van der Waals surface area contributed by atoms with Crippen LogP contribution in [0.4, 0.5) is 4.39 Å². The molecule has 5 nitrogen and oxygen atoms in total. The number of thioether (sulfide) groups is 1. The van der Waals surface area contributed by atoms with Crippen LogP contribution in [-0.2, 0) is 18.4 Å². The first-order valence-corrected chi connectivity index (χ1v) is 11.9. The number of thiophene rings is 2. The molecule has 1 aromatic carbocycles. The number of nitrogens with zero attached hydrogens (tertiary/aromatic N) is 3. The van der Waals surface area contributed by atoms with Crippen molar-refractivity contribution in [3.8, 4) is 11.1 Å². The minimum absolute atomic E-state index is 0.0290. The Morgan fingerprint density at radius 3 is 2.70 bits per heavy atom. The fourth-order valence-electron chi connectivity index (χ4n) is 3.01. The molecule has 9 heteroatoms. The first kappa shape index (κ1) is 20.8. The Kier molecular flexibility index (Phi) is 6.03. The molecule has 4 aromatic rings. The molecule has 30 heavy (non-hydrogen) atoms. The third kappa shape index (κ3) is 4.19. The Morgan fingerprint density at radius 1 is 1.23 bits per heavy atom. The highest BCUT2D eigenvalue weighted by Crippen LogP contribution is 2.32. The third-order valence-corrected chi connectivity index (χ3v) is 7.30. The van der Waals surface area contributed by atoms with Crippen molar-refractivity contribution >= 4 is 50.6 Å². The van der Waals surface area contributed by atoms with Crippen molar-refractivity contribution < 1.29 is 9.18 Å². The summed E-state index contributed by atoms with van der Waals surface area (Å²) in [7, 11) is 3.42. The van der Waals surface area contributed by atoms with Crippen LogP contribution in [0.3, 0.4) is 0 Å². The Balaban J connectivity index is 1.55. The predicted molar refractivity (Wildman–Crippen MR) is 122 cm³/mol. The summed E-state index contributed by atoms with van der Waals surface area (Å²) in [5.74, 6) is -0.154. The van der Waals surface area contributed by atoms with Gasteiger partial charge >= 0.3 is 0 Å². The van der Waals surface area contributed by atoms with Crippen molar-refractivity contribution in [2.45, 2.75) is 11.7 Å². The summed E-state index contributed by atoms with van der Waals surface area (Å²) in [4.78, 5) is 32.4. The summed E-state index contributed by atoms with van der Waals surface area (Å²) in [5.41, 5.74) is 2.43. The monoisotopic (exact) mass is 459 g/mol. The van der Waals surface area contributed by atoms with E-state index in [1.807, 2.05) is 22.2 Å². The van der Waals surface area contributed by atoms with Gasteiger partial charge in [-0.1, -0.05) is 23.9 Å². The van der Waals surface area contributed by atoms with Gasteiger partial charge in [-0.2, -0.15) is 11.3 Å². The SMILES string of the molecule is CN(Cc1ccsc1)C(=O)CSc1nc2scc(-c3ccc(F)cc3)c2c(=O)n1C. The Labute approximate surface area is 184 Å². The van der Waals surface area contributed by atoms with Crippen LogP contribution in [0.25, 0.3) is 21.3 Å². The van der Waals surface area contributed by atoms with Gasteiger partial charge in [0.25, 0.3) is 5.56 Å². The quantitative estimate of drug-likeness (QED) is 0.312. The number of hydrogen-bond donors (Lipinski definition) is 0. The van der Waals surface area contributed by atoms with Crippen molar-refractivity contribution in [3.63, 3.8) is 0 Å². The van der Waals surface area contributed by atoms with E-state index < -0.39 is 0 Å². The third-order valence-electron chi connectivity index (χ3n) is 4.68. The maximum Gasteiger partial charge on any atom is 0.263 e. The summed E-state index contributed by atoms with van der Waals surface area (Å²) in [6.07, 6.45) is 0. The summed E-state index contributed by atoms with van der Waals surface area (Å²) < 4.78 is 14.7. The van der Waals surface area contributed by atoms with Crippen LogP contribution in [0.1, 0.15) is 5.56 Å². The van der Waals surface area contributed by atoms with Crippen LogP contribution in [0.2, 0.25) is 0 Å². The highest BCUT2D eigenvalue weighted by Gasteiger charge is 2.17. The number of benzene rings is 1. The van der Waals surface area contributed by atoms with Gasteiger partial charge in [-0.15, -0.1) is 11.3 Å². The molecule has 0 saturated carbocycles. The summed E-state index contributed by atoms with van der Waals surface area (Å²) in [6.45, 7) is 0.556. The summed E-state index contributed by atoms with van der Waals surface area (Å²) in [5, 5.41) is 6.88. The lowest BCUT2D eigenvalue weighted by molar-refractivity contribution is -0.127. The molecule has 0 bridgehead atoms. The maximum absolute atomic E-state index is 13.2. The largest absolute Gasteiger partial charge is 0.341 e. The first-order chi connectivity index (χ1) is 14.4. The van der Waals surface area contributed by atoms with Crippen LogP contribution in [0.5, 0.6) is 0 Å². The topological polar surface area (TPSA) is 55.2 Å². The Bertz CT molecular complexity index is 1250. The number of hydrogen-bond acceptors (Lipinski definition) is 6. The molecule has 3 heterocycles. The van der Waals surface area contributed by atoms with E-state index in [-0.39, 0.29) is 23.0 Å². The number of rotatable bonds is 6. The van der Waals surface area contributed by atoms with Crippen LogP contribution in [-0.4, -0.2) is 33.2 Å². The maximum atomic E-state index is 13.2. The summed E-state index contributed by atoms with van der Waals surface area (Å²) >= 11 is 4.22. The van der Waals surface area contributed by atoms with Crippen LogP contribution in [0, 0.1) is 5.82 Å². The number of fused-ring (bicyclic) bond motifs is 1. The molecule has 154 valence electrons. The van der Waals surface area contributed by atoms with Gasteiger partial charge in [-0.3, -0.25) is 14.2 Å². The molecule has 0 atom stereocenters. The van der Waals surface area contributed by atoms with E-state index in [1.54, 1.807) is 42.5 Å². The van der Waals surface area contributed by atoms with Crippen molar-refractivity contribution in [2.24, 2.45) is 7.05 Å².